The van der Waals surface area contributed by atoms with Gasteiger partial charge in [0.15, 0.2) is 21.3 Å². The molecule has 2 N–H and O–H groups in total. The fraction of sp³-hybridized carbons (Fsp3) is 0.0455. The zero-order chi connectivity index (χ0) is 21.1. The Morgan fingerprint density at radius 3 is 2.10 bits per heavy atom. The van der Waals surface area contributed by atoms with Gasteiger partial charge in [-0.3, -0.25) is 4.72 Å². The first-order valence-corrected chi connectivity index (χ1v) is 11.4. The summed E-state index contributed by atoms with van der Waals surface area (Å²) in [5, 5.41) is 4.91. The molecular weight excluding hydrogens is 464 g/mol. The molecule has 8 heteroatoms. The number of fused-ring (bicyclic) bond motifs is 1. The minimum Gasteiger partial charge on any atom is -0.337 e. The number of hydrogen-bond donors (Lipinski definition) is 2. The molecule has 6 nitrogen and oxygen atoms in total. The second kappa shape index (κ2) is 8.28. The molecule has 0 aliphatic rings. The summed E-state index contributed by atoms with van der Waals surface area (Å²) in [7, 11) is -3.39. The Bertz CT molecular complexity index is 1380. The van der Waals surface area contributed by atoms with E-state index in [1.54, 1.807) is 35.6 Å². The van der Waals surface area contributed by atoms with E-state index in [0.717, 1.165) is 15.7 Å². The smallest absolute Gasteiger partial charge is 0.211 e. The van der Waals surface area contributed by atoms with Crippen LogP contribution >= 0.6 is 15.9 Å². The highest BCUT2D eigenvalue weighted by Gasteiger charge is 2.18. The van der Waals surface area contributed by atoms with Gasteiger partial charge in [0, 0.05) is 10.2 Å². The van der Waals surface area contributed by atoms with Crippen LogP contribution in [0.15, 0.2) is 82.2 Å². The lowest BCUT2D eigenvalue weighted by Crippen LogP contribution is -2.16. The monoisotopic (exact) mass is 480 g/mol. The summed E-state index contributed by atoms with van der Waals surface area (Å²) in [6, 6.07) is 21.7. The maximum Gasteiger partial charge on any atom is 0.211 e. The van der Waals surface area contributed by atoms with Crippen LogP contribution in [0, 0.1) is 6.92 Å². The van der Waals surface area contributed by atoms with Gasteiger partial charge in [0.2, 0.25) is 5.23 Å². The first kappa shape index (κ1) is 20.1. The number of aromatic nitrogens is 2. The van der Waals surface area contributed by atoms with Gasteiger partial charge in [-0.25, -0.2) is 19.0 Å². The van der Waals surface area contributed by atoms with Gasteiger partial charge >= 0.3 is 0 Å². The second-order valence-corrected chi connectivity index (χ2v) is 9.42. The van der Waals surface area contributed by atoms with Gasteiger partial charge in [0.1, 0.15) is 0 Å². The minimum atomic E-state index is -3.39. The van der Waals surface area contributed by atoms with Crippen LogP contribution in [0.5, 0.6) is 0 Å². The highest BCUT2D eigenvalue weighted by Crippen LogP contribution is 2.28. The standard InChI is InChI=1S/C22H17BrN4O2S/c1-15-6-2-3-7-18(15)24-21-22(26-20-9-5-4-8-19(20)25-21)27-30(29,14-28)17-12-10-16(23)11-13-17/h2-13H,1H3,(H,24,25)(H,26,27,29). The Morgan fingerprint density at radius 1 is 0.867 bits per heavy atom. The van der Waals surface area contributed by atoms with E-state index >= 15 is 0 Å². The average Bonchev–Trinajstić information content (AvgIpc) is 2.76. The highest BCUT2D eigenvalue weighted by molar-refractivity contribution is 9.10. The number of anilines is 3. The molecule has 0 aliphatic carbocycles. The molecular formula is C22H17BrN4O2S. The summed E-state index contributed by atoms with van der Waals surface area (Å²) >= 11 is 3.34. The van der Waals surface area contributed by atoms with E-state index in [9.17, 15) is 9.00 Å². The average molecular weight is 481 g/mol. The number of carbonyl (C=O) groups excluding carboxylic acids is 1. The van der Waals surface area contributed by atoms with Gasteiger partial charge in [-0.15, -0.1) is 0 Å². The van der Waals surface area contributed by atoms with Crippen molar-refractivity contribution in [1.29, 1.82) is 0 Å². The van der Waals surface area contributed by atoms with Gasteiger partial charge in [-0.2, -0.15) is 0 Å². The third-order valence-corrected chi connectivity index (χ3v) is 6.65. The summed E-state index contributed by atoms with van der Waals surface area (Å²) in [5.41, 5.74) is 3.12. The molecule has 0 spiro atoms. The molecule has 0 bridgehead atoms. The van der Waals surface area contributed by atoms with Gasteiger partial charge in [0.25, 0.3) is 0 Å². The fourth-order valence-electron chi connectivity index (χ4n) is 2.89. The van der Waals surface area contributed by atoms with E-state index in [4.69, 9.17) is 0 Å². The predicted octanol–water partition coefficient (Wildman–Crippen LogP) is 5.18. The maximum atomic E-state index is 13.4. The molecule has 1 aromatic heterocycles. The van der Waals surface area contributed by atoms with Gasteiger partial charge < -0.3 is 5.32 Å². The molecule has 0 amide bonds. The van der Waals surface area contributed by atoms with Crippen LogP contribution < -0.4 is 10.0 Å². The molecule has 3 aromatic carbocycles. The summed E-state index contributed by atoms with van der Waals surface area (Å²) in [6.45, 7) is 1.97. The summed E-state index contributed by atoms with van der Waals surface area (Å²) < 4.78 is 17.0. The summed E-state index contributed by atoms with van der Waals surface area (Å²) in [5.74, 6) is 0.566. The number of nitrogens with zero attached hydrogens (tertiary/aromatic N) is 2. The lowest BCUT2D eigenvalue weighted by Gasteiger charge is -2.16. The number of nitrogens with one attached hydrogen (secondary N) is 2. The van der Waals surface area contributed by atoms with Gasteiger partial charge in [-0.05, 0) is 55.0 Å². The van der Waals surface area contributed by atoms with Crippen molar-refractivity contribution in [3.63, 3.8) is 0 Å². The molecule has 0 aliphatic heterocycles. The van der Waals surface area contributed by atoms with Crippen LogP contribution in [0.2, 0.25) is 0 Å². The maximum absolute atomic E-state index is 13.4. The molecule has 30 heavy (non-hydrogen) atoms. The van der Waals surface area contributed by atoms with Crippen molar-refractivity contribution < 1.29 is 9.00 Å². The number of rotatable bonds is 5. The largest absolute Gasteiger partial charge is 0.337 e. The van der Waals surface area contributed by atoms with Gasteiger partial charge in [0.05, 0.1) is 15.9 Å². The van der Waals surface area contributed by atoms with Crippen LogP contribution in [0.3, 0.4) is 0 Å². The highest BCUT2D eigenvalue weighted by atomic mass is 79.9. The Labute approximate surface area is 182 Å². The fourth-order valence-corrected chi connectivity index (χ4v) is 4.34. The van der Waals surface area contributed by atoms with Crippen LogP contribution in [0.25, 0.3) is 11.0 Å². The molecule has 4 rings (SSSR count). The minimum absolute atomic E-state index is 0.202. The van der Waals surface area contributed by atoms with Crippen LogP contribution in [-0.2, 0) is 14.5 Å². The number of aryl methyl sites for hydroxylation is 1. The lowest BCUT2D eigenvalue weighted by atomic mass is 10.2. The first-order valence-electron chi connectivity index (χ1n) is 9.04. The summed E-state index contributed by atoms with van der Waals surface area (Å²) in [6.07, 6.45) is 0. The van der Waals surface area contributed by atoms with Crippen molar-refractivity contribution in [2.24, 2.45) is 0 Å². The van der Waals surface area contributed by atoms with Crippen molar-refractivity contribution in [3.8, 4) is 0 Å². The van der Waals surface area contributed by atoms with E-state index in [1.165, 1.54) is 0 Å². The van der Waals surface area contributed by atoms with Crippen LogP contribution in [-0.4, -0.2) is 19.4 Å². The number of para-hydroxylation sites is 3. The zero-order valence-corrected chi connectivity index (χ0v) is 18.3. The van der Waals surface area contributed by atoms with E-state index in [2.05, 4.69) is 35.9 Å². The normalized spacial score (nSPS) is 12.7. The summed E-state index contributed by atoms with van der Waals surface area (Å²) in [4.78, 5) is 21.3. The molecule has 0 radical (unpaired) electrons. The topological polar surface area (TPSA) is 84.0 Å². The van der Waals surface area contributed by atoms with Crippen molar-refractivity contribution in [1.82, 2.24) is 9.97 Å². The number of halogens is 1. The van der Waals surface area contributed by atoms with Gasteiger partial charge in [-0.1, -0.05) is 46.3 Å². The number of hydrogen-bond acceptors (Lipinski definition) is 5. The second-order valence-electron chi connectivity index (χ2n) is 6.54. The number of benzene rings is 3. The predicted molar refractivity (Wildman–Crippen MR) is 124 cm³/mol. The Balaban J connectivity index is 1.84. The van der Waals surface area contributed by atoms with E-state index in [1.807, 2.05) is 49.4 Å². The molecule has 150 valence electrons. The molecule has 1 heterocycles. The molecule has 0 saturated carbocycles. The van der Waals surface area contributed by atoms with E-state index in [0.29, 0.717) is 21.7 Å². The SMILES string of the molecule is Cc1ccccc1Nc1nc2ccccc2nc1NS(=O)(=C=O)c1ccc(Br)cc1. The van der Waals surface area contributed by atoms with Crippen LogP contribution in [0.1, 0.15) is 5.56 Å². The van der Waals surface area contributed by atoms with Crippen molar-refractivity contribution >= 4 is 59.2 Å². The molecule has 1 unspecified atom stereocenters. The molecule has 0 fully saturated rings. The molecule has 0 saturated heterocycles. The van der Waals surface area contributed by atoms with E-state index < -0.39 is 9.71 Å². The Kier molecular flexibility index (Phi) is 5.55. The quantitative estimate of drug-likeness (QED) is 0.384. The van der Waals surface area contributed by atoms with Crippen molar-refractivity contribution in [3.05, 3.63) is 82.8 Å². The van der Waals surface area contributed by atoms with Crippen LogP contribution in [0.4, 0.5) is 17.3 Å². The Morgan fingerprint density at radius 2 is 1.47 bits per heavy atom. The Hall–Kier alpha value is -3.19. The van der Waals surface area contributed by atoms with E-state index in [-0.39, 0.29) is 5.82 Å². The molecule has 1 atom stereocenters. The first-order chi connectivity index (χ1) is 14.5. The third kappa shape index (κ3) is 4.07. The van der Waals surface area contributed by atoms with Crippen molar-refractivity contribution in [2.75, 3.05) is 10.0 Å². The third-order valence-electron chi connectivity index (χ3n) is 4.47. The zero-order valence-electron chi connectivity index (χ0n) is 15.9. The van der Waals surface area contributed by atoms with Crippen molar-refractivity contribution in [2.45, 2.75) is 11.8 Å². The molecule has 4 aromatic rings. The lowest BCUT2D eigenvalue weighted by molar-refractivity contribution is 0.570.